The van der Waals surface area contributed by atoms with E-state index >= 15 is 0 Å². The number of nitrogens with one attached hydrogen (secondary N) is 1. The topological polar surface area (TPSA) is 78.5 Å². The number of carbonyl (C=O) groups excluding carboxylic acids is 1. The highest BCUT2D eigenvalue weighted by atomic mass is 16.5. The molecule has 0 radical (unpaired) electrons. The van der Waals surface area contributed by atoms with Crippen molar-refractivity contribution in [3.63, 3.8) is 0 Å². The number of fused-ring (bicyclic) bond motifs is 1. The third kappa shape index (κ3) is 4.85. The van der Waals surface area contributed by atoms with Crippen LogP contribution in [0, 0.1) is 13.8 Å². The van der Waals surface area contributed by atoms with Gasteiger partial charge in [0.15, 0.2) is 0 Å². The molecule has 2 heterocycles. The molecule has 6 nitrogen and oxygen atoms in total. The Morgan fingerprint density at radius 1 is 1.14 bits per heavy atom. The molecule has 35 heavy (non-hydrogen) atoms. The predicted molar refractivity (Wildman–Crippen MR) is 139 cm³/mol. The first kappa shape index (κ1) is 25.0. The van der Waals surface area contributed by atoms with Crippen molar-refractivity contribution in [2.24, 2.45) is 0 Å². The number of ether oxygens (including phenoxy) is 1. The Morgan fingerprint density at radius 3 is 2.43 bits per heavy atom. The Morgan fingerprint density at radius 2 is 1.83 bits per heavy atom. The van der Waals surface area contributed by atoms with Gasteiger partial charge in [-0.05, 0) is 67.9 Å². The number of aromatic nitrogens is 2. The number of aryl methyl sites for hydroxylation is 2. The molecule has 6 heteroatoms. The molecule has 1 aliphatic rings. The lowest BCUT2D eigenvalue weighted by molar-refractivity contribution is 0.0601. The molecule has 4 rings (SSSR count). The highest BCUT2D eigenvalue weighted by Crippen LogP contribution is 2.45. The van der Waals surface area contributed by atoms with Crippen molar-refractivity contribution in [3.8, 4) is 17.0 Å². The van der Waals surface area contributed by atoms with E-state index in [-0.39, 0.29) is 29.2 Å². The fourth-order valence-corrected chi connectivity index (χ4v) is 4.94. The van der Waals surface area contributed by atoms with Gasteiger partial charge in [-0.15, -0.1) is 0 Å². The van der Waals surface area contributed by atoms with Gasteiger partial charge >= 0.3 is 0 Å². The fourth-order valence-electron chi connectivity index (χ4n) is 4.94. The van der Waals surface area contributed by atoms with Gasteiger partial charge in [-0.3, -0.25) is 9.89 Å². The van der Waals surface area contributed by atoms with Crippen LogP contribution >= 0.6 is 0 Å². The number of H-pyrrole nitrogens is 1. The normalized spacial score (nSPS) is 15.8. The minimum atomic E-state index is -0.292. The van der Waals surface area contributed by atoms with Crippen LogP contribution in [0.25, 0.3) is 11.3 Å². The first-order valence-corrected chi connectivity index (χ1v) is 12.4. The number of phenolic OH excluding ortho intramolecular Hbond substituents is 1. The maximum Gasteiger partial charge on any atom is 0.273 e. The van der Waals surface area contributed by atoms with Gasteiger partial charge in [-0.1, -0.05) is 51.1 Å². The van der Waals surface area contributed by atoms with E-state index in [0.717, 1.165) is 28.7 Å². The molecule has 0 aliphatic carbocycles. The van der Waals surface area contributed by atoms with Crippen LogP contribution in [0.3, 0.4) is 0 Å². The average Bonchev–Trinajstić information content (AvgIpc) is 3.29. The van der Waals surface area contributed by atoms with Crippen molar-refractivity contribution >= 4 is 5.91 Å². The van der Waals surface area contributed by atoms with Crippen molar-refractivity contribution < 1.29 is 14.6 Å². The lowest BCUT2D eigenvalue weighted by atomic mass is 9.85. The van der Waals surface area contributed by atoms with Gasteiger partial charge in [0.1, 0.15) is 17.1 Å². The van der Waals surface area contributed by atoms with Gasteiger partial charge in [-0.25, -0.2) is 0 Å². The minimum Gasteiger partial charge on any atom is -0.507 e. The molecule has 0 fully saturated rings. The average molecular weight is 476 g/mol. The number of amides is 1. The molecular formula is C29H37N3O3. The lowest BCUT2D eigenvalue weighted by Gasteiger charge is -2.27. The number of hydrogen-bond acceptors (Lipinski definition) is 4. The van der Waals surface area contributed by atoms with Crippen molar-refractivity contribution in [1.82, 2.24) is 15.1 Å². The van der Waals surface area contributed by atoms with Crippen LogP contribution in [0.1, 0.15) is 85.4 Å². The molecule has 1 atom stereocenters. The summed E-state index contributed by atoms with van der Waals surface area (Å²) in [6.07, 6.45) is 0.892. The smallest absolute Gasteiger partial charge is 0.273 e. The van der Waals surface area contributed by atoms with Crippen LogP contribution in [0.2, 0.25) is 0 Å². The first-order valence-electron chi connectivity index (χ1n) is 12.4. The van der Waals surface area contributed by atoms with Gasteiger partial charge in [0.05, 0.1) is 12.1 Å². The quantitative estimate of drug-likeness (QED) is 0.407. The number of rotatable bonds is 7. The largest absolute Gasteiger partial charge is 0.507 e. The number of carbonyl (C=O) groups is 1. The molecule has 0 saturated carbocycles. The zero-order valence-corrected chi connectivity index (χ0v) is 21.9. The van der Waals surface area contributed by atoms with Crippen LogP contribution in [0.5, 0.6) is 5.75 Å². The summed E-state index contributed by atoms with van der Waals surface area (Å²) in [6, 6.07) is 12.0. The van der Waals surface area contributed by atoms with E-state index in [4.69, 9.17) is 4.74 Å². The number of aromatic amines is 1. The monoisotopic (exact) mass is 475 g/mol. The van der Waals surface area contributed by atoms with E-state index in [9.17, 15) is 9.90 Å². The first-order chi connectivity index (χ1) is 16.5. The van der Waals surface area contributed by atoms with Crippen LogP contribution in [-0.2, 0) is 10.2 Å². The Balaban J connectivity index is 1.80. The second-order valence-electron chi connectivity index (χ2n) is 10.9. The third-order valence-electron chi connectivity index (χ3n) is 6.65. The van der Waals surface area contributed by atoms with Crippen LogP contribution in [-0.4, -0.2) is 45.4 Å². The summed E-state index contributed by atoms with van der Waals surface area (Å²) < 4.78 is 5.73. The summed E-state index contributed by atoms with van der Waals surface area (Å²) in [7, 11) is 0. The van der Waals surface area contributed by atoms with Gasteiger partial charge in [0, 0.05) is 24.3 Å². The van der Waals surface area contributed by atoms with Gasteiger partial charge in [0.2, 0.25) is 0 Å². The third-order valence-corrected chi connectivity index (χ3v) is 6.65. The Hall–Kier alpha value is -3.12. The van der Waals surface area contributed by atoms with Crippen molar-refractivity contribution in [2.45, 2.75) is 72.4 Å². The van der Waals surface area contributed by atoms with Crippen molar-refractivity contribution in [2.75, 3.05) is 13.2 Å². The molecule has 1 unspecified atom stereocenters. The van der Waals surface area contributed by atoms with Gasteiger partial charge in [-0.2, -0.15) is 5.10 Å². The van der Waals surface area contributed by atoms with Crippen LogP contribution in [0.15, 0.2) is 36.4 Å². The maximum atomic E-state index is 13.6. The highest BCUT2D eigenvalue weighted by molar-refractivity contribution is 6.00. The molecule has 186 valence electrons. The summed E-state index contributed by atoms with van der Waals surface area (Å²) in [5, 5.41) is 18.4. The van der Waals surface area contributed by atoms with Crippen molar-refractivity contribution in [1.29, 1.82) is 0 Å². The molecule has 0 saturated heterocycles. The van der Waals surface area contributed by atoms with Crippen LogP contribution < -0.4 is 0 Å². The zero-order valence-electron chi connectivity index (χ0n) is 21.9. The molecule has 0 bridgehead atoms. The molecule has 1 aromatic heterocycles. The van der Waals surface area contributed by atoms with Gasteiger partial charge in [0.25, 0.3) is 5.91 Å². The Kier molecular flexibility index (Phi) is 6.78. The second-order valence-corrected chi connectivity index (χ2v) is 10.9. The second kappa shape index (κ2) is 9.50. The summed E-state index contributed by atoms with van der Waals surface area (Å²) in [6.45, 7) is 15.7. The van der Waals surface area contributed by atoms with E-state index in [2.05, 4.69) is 55.2 Å². The lowest BCUT2D eigenvalue weighted by Crippen LogP contribution is -2.31. The standard InChI is InChI=1S/C29H37N3O3/c1-17(2)35-14-8-13-32-27(20-9-11-21(12-10-20)29(5,6)7)24-25(30-31-26(24)28(32)34)23-19(4)15-18(3)16-22(23)33/h9-12,15-17,27,33H,8,13-14H2,1-7H3,(H,30,31). The van der Waals surface area contributed by atoms with Crippen molar-refractivity contribution in [3.05, 3.63) is 69.9 Å². The Bertz CT molecular complexity index is 1200. The van der Waals surface area contributed by atoms with Crippen LogP contribution in [0.4, 0.5) is 0 Å². The molecule has 2 N–H and O–H groups in total. The van der Waals surface area contributed by atoms with E-state index in [1.807, 2.05) is 38.7 Å². The molecular weight excluding hydrogens is 438 g/mol. The Labute approximate surface area is 208 Å². The number of hydrogen-bond donors (Lipinski definition) is 2. The number of phenols is 1. The SMILES string of the molecule is Cc1cc(C)c(-c2n[nH]c3c2C(c2ccc(C(C)(C)C)cc2)N(CCCOC(C)C)C3=O)c(O)c1. The molecule has 1 amide bonds. The fraction of sp³-hybridized carbons (Fsp3) is 0.448. The summed E-state index contributed by atoms with van der Waals surface area (Å²) in [4.78, 5) is 15.5. The van der Waals surface area contributed by atoms with Gasteiger partial charge < -0.3 is 14.7 Å². The zero-order chi connectivity index (χ0) is 25.5. The molecule has 1 aliphatic heterocycles. The summed E-state index contributed by atoms with van der Waals surface area (Å²) in [5.41, 5.74) is 6.83. The van der Waals surface area contributed by atoms with E-state index < -0.39 is 0 Å². The van der Waals surface area contributed by atoms with E-state index in [1.165, 1.54) is 5.56 Å². The summed E-state index contributed by atoms with van der Waals surface area (Å²) >= 11 is 0. The highest BCUT2D eigenvalue weighted by Gasteiger charge is 2.42. The molecule has 3 aromatic rings. The molecule has 0 spiro atoms. The summed E-state index contributed by atoms with van der Waals surface area (Å²) in [5.74, 6) is 0.104. The maximum absolute atomic E-state index is 13.6. The minimum absolute atomic E-state index is 0.0364. The van der Waals surface area contributed by atoms with E-state index in [1.54, 1.807) is 6.07 Å². The number of aromatic hydroxyl groups is 1. The van der Waals surface area contributed by atoms with E-state index in [0.29, 0.717) is 30.1 Å². The predicted octanol–water partition coefficient (Wildman–Crippen LogP) is 6.06. The number of nitrogens with zero attached hydrogens (tertiary/aromatic N) is 2. The molecule has 2 aromatic carbocycles. The number of benzene rings is 2.